The number of benzene rings is 1. The molecule has 0 aliphatic heterocycles. The lowest BCUT2D eigenvalue weighted by Gasteiger charge is -1.95. The zero-order valence-electron chi connectivity index (χ0n) is 10.2. The molecule has 0 aliphatic carbocycles. The van der Waals surface area contributed by atoms with Gasteiger partial charge in [0.05, 0.1) is 0 Å². The van der Waals surface area contributed by atoms with Gasteiger partial charge in [-0.15, -0.1) is 0 Å². The molecule has 0 aromatic heterocycles. The lowest BCUT2D eigenvalue weighted by molar-refractivity contribution is -0.133. The van der Waals surface area contributed by atoms with Crippen LogP contribution in [0.15, 0.2) is 54.6 Å². The summed E-state index contributed by atoms with van der Waals surface area (Å²) in [6.45, 7) is 4.56. The third-order valence-corrected chi connectivity index (χ3v) is 2.00. The summed E-state index contributed by atoms with van der Waals surface area (Å²) in [5.74, 6) is -1.83. The Morgan fingerprint density at radius 2 is 1.72 bits per heavy atom. The first-order valence-corrected chi connectivity index (χ1v) is 5.26. The van der Waals surface area contributed by atoms with Gasteiger partial charge in [-0.2, -0.15) is 0 Å². The molecule has 0 radical (unpaired) electrons. The molecule has 1 aromatic rings. The van der Waals surface area contributed by atoms with E-state index in [0.29, 0.717) is 12.0 Å². The smallest absolute Gasteiger partial charge is 0.330 e. The summed E-state index contributed by atoms with van der Waals surface area (Å²) in [5.41, 5.74) is 1.52. The van der Waals surface area contributed by atoms with Crippen LogP contribution in [0.3, 0.4) is 0 Å². The molecule has 0 spiro atoms. The monoisotopic (exact) mass is 248 g/mol. The van der Waals surface area contributed by atoms with E-state index in [-0.39, 0.29) is 0 Å². The second kappa shape index (κ2) is 8.75. The number of carboxylic acid groups (broad SMARTS) is 2. The van der Waals surface area contributed by atoms with E-state index in [9.17, 15) is 9.59 Å². The Morgan fingerprint density at radius 3 is 2.11 bits per heavy atom. The third kappa shape index (κ3) is 7.87. The fourth-order valence-corrected chi connectivity index (χ4v) is 0.972. The fraction of sp³-hybridized carbons (Fsp3) is 0.143. The largest absolute Gasteiger partial charge is 0.478 e. The highest BCUT2D eigenvalue weighted by Gasteiger charge is 1.97. The fourth-order valence-electron chi connectivity index (χ4n) is 0.972. The predicted molar refractivity (Wildman–Crippen MR) is 69.4 cm³/mol. The van der Waals surface area contributed by atoms with E-state index in [0.717, 1.165) is 11.6 Å². The molecule has 0 fully saturated rings. The Balaban J connectivity index is 0.000000494. The maximum atomic E-state index is 10.5. The van der Waals surface area contributed by atoms with E-state index in [4.69, 9.17) is 10.2 Å². The minimum Gasteiger partial charge on any atom is -0.478 e. The number of carboxylic acids is 2. The average molecular weight is 248 g/mol. The van der Waals surface area contributed by atoms with Crippen molar-refractivity contribution in [1.29, 1.82) is 0 Å². The summed E-state index contributed by atoms with van der Waals surface area (Å²) in [6.07, 6.45) is 3.23. The molecule has 4 heteroatoms. The van der Waals surface area contributed by atoms with Crippen molar-refractivity contribution < 1.29 is 19.8 Å². The molecule has 1 rings (SSSR count). The molecular weight excluding hydrogens is 232 g/mol. The normalized spacial score (nSPS) is 9.94. The van der Waals surface area contributed by atoms with Crippen molar-refractivity contribution in [2.45, 2.75) is 13.3 Å². The van der Waals surface area contributed by atoms with Crippen LogP contribution in [0.4, 0.5) is 0 Å². The van der Waals surface area contributed by atoms with E-state index in [1.165, 1.54) is 0 Å². The maximum Gasteiger partial charge on any atom is 0.330 e. The van der Waals surface area contributed by atoms with E-state index < -0.39 is 11.9 Å². The highest BCUT2D eigenvalue weighted by molar-refractivity contribution is 5.85. The number of aliphatic carboxylic acids is 2. The topological polar surface area (TPSA) is 74.6 Å². The van der Waals surface area contributed by atoms with E-state index in [1.807, 2.05) is 30.3 Å². The van der Waals surface area contributed by atoms with Crippen LogP contribution in [0.1, 0.15) is 12.5 Å². The van der Waals surface area contributed by atoms with Gasteiger partial charge in [-0.1, -0.05) is 43.0 Å². The Hall–Kier alpha value is -2.36. The molecule has 0 atom stereocenters. The standard InChI is InChI=1S/C11H12O2.C3H4O2/c1-9(11(12)13)7-8-10-5-3-2-4-6-10;1-2-3(4)5/h2-7H,8H2,1H3,(H,12,13);2H,1H2,(H,4,5). The van der Waals surface area contributed by atoms with Crippen molar-refractivity contribution in [2.24, 2.45) is 0 Å². The summed E-state index contributed by atoms with van der Waals surface area (Å²) in [5, 5.41) is 16.2. The van der Waals surface area contributed by atoms with Crippen LogP contribution >= 0.6 is 0 Å². The van der Waals surface area contributed by atoms with Crippen LogP contribution in [0, 0.1) is 0 Å². The van der Waals surface area contributed by atoms with Crippen LogP contribution in [0.2, 0.25) is 0 Å². The van der Waals surface area contributed by atoms with Gasteiger partial charge in [-0.05, 0) is 18.9 Å². The van der Waals surface area contributed by atoms with Crippen LogP contribution in [-0.2, 0) is 16.0 Å². The number of rotatable bonds is 4. The Kier molecular flexibility index (Phi) is 7.61. The summed E-state index contributed by atoms with van der Waals surface area (Å²) in [6, 6.07) is 9.78. The predicted octanol–water partition coefficient (Wildman–Crippen LogP) is 2.52. The quantitative estimate of drug-likeness (QED) is 0.803. The van der Waals surface area contributed by atoms with Crippen molar-refractivity contribution in [2.75, 3.05) is 0 Å². The lowest BCUT2D eigenvalue weighted by Crippen LogP contribution is -1.96. The van der Waals surface area contributed by atoms with E-state index >= 15 is 0 Å². The van der Waals surface area contributed by atoms with Gasteiger partial charge in [0.1, 0.15) is 0 Å². The van der Waals surface area contributed by atoms with Crippen LogP contribution in [0.25, 0.3) is 0 Å². The molecule has 2 N–H and O–H groups in total. The molecule has 0 amide bonds. The first-order chi connectivity index (χ1) is 8.47. The van der Waals surface area contributed by atoms with Crippen molar-refractivity contribution in [3.05, 3.63) is 60.2 Å². The zero-order chi connectivity index (χ0) is 14.0. The highest BCUT2D eigenvalue weighted by Crippen LogP contribution is 2.02. The molecule has 96 valence electrons. The van der Waals surface area contributed by atoms with Gasteiger partial charge in [0.25, 0.3) is 0 Å². The van der Waals surface area contributed by atoms with Crippen molar-refractivity contribution in [1.82, 2.24) is 0 Å². The number of allylic oxidation sites excluding steroid dienone is 1. The molecule has 0 bridgehead atoms. The van der Waals surface area contributed by atoms with Gasteiger partial charge in [-0.25, -0.2) is 9.59 Å². The van der Waals surface area contributed by atoms with Gasteiger partial charge in [0.2, 0.25) is 0 Å². The molecule has 0 saturated carbocycles. The number of hydrogen-bond donors (Lipinski definition) is 2. The van der Waals surface area contributed by atoms with Gasteiger partial charge < -0.3 is 10.2 Å². The summed E-state index contributed by atoms with van der Waals surface area (Å²) >= 11 is 0. The van der Waals surface area contributed by atoms with Gasteiger partial charge in [0.15, 0.2) is 0 Å². The SMILES string of the molecule is C=CC(=O)O.CC(=CCc1ccccc1)C(=O)O. The average Bonchev–Trinajstić information content (AvgIpc) is 2.37. The molecule has 1 aromatic carbocycles. The van der Waals surface area contributed by atoms with Gasteiger partial charge in [0, 0.05) is 11.6 Å². The molecule has 18 heavy (non-hydrogen) atoms. The number of carbonyl (C=O) groups is 2. The first-order valence-electron chi connectivity index (χ1n) is 5.26. The Labute approximate surface area is 106 Å². The molecule has 0 aliphatic rings. The maximum absolute atomic E-state index is 10.5. The summed E-state index contributed by atoms with van der Waals surface area (Å²) in [4.78, 5) is 19.7. The first kappa shape index (κ1) is 15.6. The lowest BCUT2D eigenvalue weighted by atomic mass is 10.1. The van der Waals surface area contributed by atoms with Crippen LogP contribution in [0.5, 0.6) is 0 Å². The second-order valence-corrected chi connectivity index (χ2v) is 3.42. The molecule has 4 nitrogen and oxygen atoms in total. The zero-order valence-corrected chi connectivity index (χ0v) is 10.2. The van der Waals surface area contributed by atoms with Crippen molar-refractivity contribution in [3.8, 4) is 0 Å². The van der Waals surface area contributed by atoms with E-state index in [2.05, 4.69) is 6.58 Å². The minimum atomic E-state index is -0.981. The highest BCUT2D eigenvalue weighted by atomic mass is 16.4. The molecule has 0 unspecified atom stereocenters. The summed E-state index contributed by atoms with van der Waals surface area (Å²) < 4.78 is 0. The van der Waals surface area contributed by atoms with Crippen LogP contribution in [-0.4, -0.2) is 22.2 Å². The molecule has 0 heterocycles. The Morgan fingerprint density at radius 1 is 1.22 bits per heavy atom. The van der Waals surface area contributed by atoms with Crippen molar-refractivity contribution >= 4 is 11.9 Å². The Bertz CT molecular complexity index is 432. The van der Waals surface area contributed by atoms with Crippen molar-refractivity contribution in [3.63, 3.8) is 0 Å². The molecule has 0 saturated heterocycles. The van der Waals surface area contributed by atoms with Crippen LogP contribution < -0.4 is 0 Å². The molecular formula is C14H16O4. The summed E-state index contributed by atoms with van der Waals surface area (Å²) in [7, 11) is 0. The van der Waals surface area contributed by atoms with Gasteiger partial charge in [-0.3, -0.25) is 0 Å². The third-order valence-electron chi connectivity index (χ3n) is 2.00. The van der Waals surface area contributed by atoms with E-state index in [1.54, 1.807) is 13.0 Å². The van der Waals surface area contributed by atoms with Gasteiger partial charge >= 0.3 is 11.9 Å². The second-order valence-electron chi connectivity index (χ2n) is 3.42. The number of hydrogen-bond acceptors (Lipinski definition) is 2. The minimum absolute atomic E-state index is 0.392.